The molecule has 0 radical (unpaired) electrons. The zero-order chi connectivity index (χ0) is 51.0. The van der Waals surface area contributed by atoms with Crippen LogP contribution in [-0.2, 0) is 25.7 Å². The summed E-state index contributed by atoms with van der Waals surface area (Å²) in [4.78, 5) is 4.85. The minimum atomic E-state index is 0.859. The lowest BCUT2D eigenvalue weighted by Gasteiger charge is -2.29. The number of aryl methyl sites for hydroxylation is 4. The molecular formula is C72H56N2O2. The largest absolute Gasteiger partial charge is 0.453 e. The molecule has 12 aromatic carbocycles. The van der Waals surface area contributed by atoms with Gasteiger partial charge in [-0.2, -0.15) is 0 Å². The number of hydrogen-bond donors (Lipinski definition) is 0. The van der Waals surface area contributed by atoms with Crippen LogP contribution in [0.1, 0.15) is 49.9 Å². The summed E-state index contributed by atoms with van der Waals surface area (Å²) in [5.74, 6) is 0. The molecular weight excluding hydrogens is 925 g/mol. The highest BCUT2D eigenvalue weighted by Gasteiger charge is 2.27. The Labute approximate surface area is 443 Å². The van der Waals surface area contributed by atoms with Crippen LogP contribution in [0.4, 0.5) is 34.1 Å². The summed E-state index contributed by atoms with van der Waals surface area (Å²) in [5, 5.41) is 11.6. The molecule has 0 aliphatic rings. The summed E-state index contributed by atoms with van der Waals surface area (Å²) in [6.45, 7) is 8.88. The van der Waals surface area contributed by atoms with Crippen molar-refractivity contribution in [2.75, 3.05) is 9.80 Å². The number of anilines is 6. The molecule has 0 bridgehead atoms. The first-order chi connectivity index (χ1) is 37.5. The van der Waals surface area contributed by atoms with Crippen molar-refractivity contribution in [1.29, 1.82) is 0 Å². The van der Waals surface area contributed by atoms with Crippen LogP contribution in [0.3, 0.4) is 0 Å². The first-order valence-electron chi connectivity index (χ1n) is 27.1. The van der Waals surface area contributed by atoms with Crippen LogP contribution < -0.4 is 9.80 Å². The highest BCUT2D eigenvalue weighted by Crippen LogP contribution is 2.51. The van der Waals surface area contributed by atoms with E-state index in [1.54, 1.807) is 0 Å². The van der Waals surface area contributed by atoms with Gasteiger partial charge in [0.05, 0.1) is 22.7 Å². The number of hydrogen-bond acceptors (Lipinski definition) is 4. The SMILES string of the molecule is CCc1ccc(N(c2ccc3ccc4c(N(c5ccc(CC)cc5)c5cccc6c5oc5c(-c7ccccc7CC)cccc56)ccc5ccc2c3c54)c2cccc3c2oc2c(-c4ccccc4CC)cccc23)cc1. The molecule has 366 valence electrons. The lowest BCUT2D eigenvalue weighted by molar-refractivity contribution is 0.669. The topological polar surface area (TPSA) is 32.8 Å². The maximum atomic E-state index is 7.24. The van der Waals surface area contributed by atoms with Crippen molar-refractivity contribution in [3.05, 3.63) is 241 Å². The van der Waals surface area contributed by atoms with E-state index in [-0.39, 0.29) is 0 Å². The Kier molecular flexibility index (Phi) is 11.0. The molecule has 4 heteroatoms. The van der Waals surface area contributed by atoms with Crippen LogP contribution in [-0.4, -0.2) is 0 Å². The fourth-order valence-corrected chi connectivity index (χ4v) is 12.3. The van der Waals surface area contributed by atoms with Crippen LogP contribution in [0, 0.1) is 0 Å². The average molecular weight is 981 g/mol. The number of furan rings is 2. The standard InChI is InChI=1S/C72H56N2O2/c1-5-45-29-37-51(38-30-45)73(65-27-15-25-59-57-23-13-21-55(69(57)75-71(59)65)53-19-11-9-17-47(53)7-3)63-43-35-49-34-42-62-64(44-36-50-33-41-61(63)67(49)68(50)62)74(52-39-31-46(6-2)32-40-52)66-28-16-26-60-58-24-14-22-56(70(58)76-72(60)66)54-20-12-10-18-48(54)8-4/h9-44H,5-8H2,1-4H3. The van der Waals surface area contributed by atoms with Gasteiger partial charge in [-0.3, -0.25) is 0 Å². The van der Waals surface area contributed by atoms with Crippen molar-refractivity contribution in [3.8, 4) is 22.3 Å². The second-order valence-electron chi connectivity index (χ2n) is 20.2. The Balaban J connectivity index is 1.000. The highest BCUT2D eigenvalue weighted by atomic mass is 16.3. The molecule has 4 nitrogen and oxygen atoms in total. The van der Waals surface area contributed by atoms with E-state index in [1.165, 1.54) is 54.9 Å². The molecule has 0 N–H and O–H groups in total. The monoisotopic (exact) mass is 980 g/mol. The van der Waals surface area contributed by atoms with Gasteiger partial charge in [-0.25, -0.2) is 0 Å². The number of benzene rings is 12. The molecule has 0 aliphatic heterocycles. The molecule has 14 rings (SSSR count). The lowest BCUT2D eigenvalue weighted by atomic mass is 9.91. The summed E-state index contributed by atoms with van der Waals surface area (Å²) in [6.07, 6.45) is 3.79. The van der Waals surface area contributed by atoms with Crippen molar-refractivity contribution < 1.29 is 8.83 Å². The lowest BCUT2D eigenvalue weighted by Crippen LogP contribution is -2.12. The van der Waals surface area contributed by atoms with E-state index < -0.39 is 0 Å². The molecule has 0 spiro atoms. The van der Waals surface area contributed by atoms with Crippen molar-refractivity contribution in [2.45, 2.75) is 53.4 Å². The van der Waals surface area contributed by atoms with Crippen LogP contribution in [0.2, 0.25) is 0 Å². The number of para-hydroxylation sites is 4. The molecule has 2 aromatic heterocycles. The molecule has 0 atom stereocenters. The third kappa shape index (κ3) is 7.12. The Hall–Kier alpha value is -9.12. The smallest absolute Gasteiger partial charge is 0.159 e. The van der Waals surface area contributed by atoms with Crippen molar-refractivity contribution in [3.63, 3.8) is 0 Å². The van der Waals surface area contributed by atoms with Gasteiger partial charge in [0.1, 0.15) is 11.2 Å². The normalized spacial score (nSPS) is 11.9. The Morgan fingerprint density at radius 2 is 0.645 bits per heavy atom. The van der Waals surface area contributed by atoms with Crippen LogP contribution in [0.15, 0.2) is 227 Å². The first kappa shape index (κ1) is 45.5. The third-order valence-electron chi connectivity index (χ3n) is 16.2. The average Bonchev–Trinajstić information content (AvgIpc) is 4.20. The quantitative estimate of drug-likeness (QED) is 0.114. The fraction of sp³-hybridized carbons (Fsp3) is 0.111. The molecule has 14 aromatic rings. The molecule has 76 heavy (non-hydrogen) atoms. The van der Waals surface area contributed by atoms with Gasteiger partial charge in [-0.15, -0.1) is 0 Å². The summed E-state index contributed by atoms with van der Waals surface area (Å²) in [6, 6.07) is 80.4. The van der Waals surface area contributed by atoms with E-state index in [0.29, 0.717) is 0 Å². The van der Waals surface area contributed by atoms with E-state index in [9.17, 15) is 0 Å². The Morgan fingerprint density at radius 3 is 1.05 bits per heavy atom. The van der Waals surface area contributed by atoms with Crippen LogP contribution >= 0.6 is 0 Å². The Morgan fingerprint density at radius 1 is 0.276 bits per heavy atom. The second kappa shape index (κ2) is 18.4. The van der Waals surface area contributed by atoms with Crippen LogP contribution in [0.5, 0.6) is 0 Å². The van der Waals surface area contributed by atoms with Gasteiger partial charge in [0.2, 0.25) is 0 Å². The van der Waals surface area contributed by atoms with Crippen molar-refractivity contribution in [2.24, 2.45) is 0 Å². The zero-order valence-corrected chi connectivity index (χ0v) is 43.3. The number of rotatable bonds is 12. The first-order valence-corrected chi connectivity index (χ1v) is 27.1. The predicted molar refractivity (Wildman–Crippen MR) is 322 cm³/mol. The molecule has 2 heterocycles. The van der Waals surface area contributed by atoms with Crippen molar-refractivity contribution >= 4 is 110 Å². The molecule has 0 aliphatic carbocycles. The number of fused-ring (bicyclic) bond motifs is 6. The third-order valence-corrected chi connectivity index (χ3v) is 16.2. The Bertz CT molecular complexity index is 4230. The molecule has 0 saturated carbocycles. The summed E-state index contributed by atoms with van der Waals surface area (Å²) in [5.41, 5.74) is 19.7. The summed E-state index contributed by atoms with van der Waals surface area (Å²) >= 11 is 0. The highest BCUT2D eigenvalue weighted by molar-refractivity contribution is 6.29. The second-order valence-corrected chi connectivity index (χ2v) is 20.2. The summed E-state index contributed by atoms with van der Waals surface area (Å²) < 4.78 is 14.5. The van der Waals surface area contributed by atoms with Crippen LogP contribution in [0.25, 0.3) is 98.4 Å². The van der Waals surface area contributed by atoms with Gasteiger partial charge in [0.15, 0.2) is 11.2 Å². The van der Waals surface area contributed by atoms with Gasteiger partial charge < -0.3 is 18.6 Å². The molecule has 0 unspecified atom stereocenters. The maximum Gasteiger partial charge on any atom is 0.159 e. The van der Waals surface area contributed by atoms with Gasteiger partial charge in [-0.05, 0) is 129 Å². The van der Waals surface area contributed by atoms with E-state index in [4.69, 9.17) is 8.83 Å². The van der Waals surface area contributed by atoms with E-state index >= 15 is 0 Å². The minimum Gasteiger partial charge on any atom is -0.453 e. The molecule has 0 amide bonds. The van der Waals surface area contributed by atoms with Gasteiger partial charge in [0, 0.05) is 54.8 Å². The van der Waals surface area contributed by atoms with Gasteiger partial charge in [-0.1, -0.05) is 198 Å². The molecule has 0 saturated heterocycles. The predicted octanol–water partition coefficient (Wildman–Crippen LogP) is 20.9. The summed E-state index contributed by atoms with van der Waals surface area (Å²) in [7, 11) is 0. The zero-order valence-electron chi connectivity index (χ0n) is 43.3. The van der Waals surface area contributed by atoms with Gasteiger partial charge in [0.25, 0.3) is 0 Å². The minimum absolute atomic E-state index is 0.859. The molecule has 0 fully saturated rings. The van der Waals surface area contributed by atoms with E-state index in [0.717, 1.165) is 126 Å². The van der Waals surface area contributed by atoms with E-state index in [1.807, 2.05) is 0 Å². The maximum absolute atomic E-state index is 7.24. The fourth-order valence-electron chi connectivity index (χ4n) is 12.3. The number of nitrogens with zero attached hydrogens (tertiary/aromatic N) is 2. The van der Waals surface area contributed by atoms with E-state index in [2.05, 4.69) is 256 Å². The van der Waals surface area contributed by atoms with Crippen molar-refractivity contribution in [1.82, 2.24) is 0 Å². The van der Waals surface area contributed by atoms with Gasteiger partial charge >= 0.3 is 0 Å².